The second-order valence-corrected chi connectivity index (χ2v) is 12.7. The molecular formula is C39H26N4O9. The number of benzene rings is 5. The number of non-ortho nitro benzene ring substituents is 2. The molecule has 0 saturated carbocycles. The summed E-state index contributed by atoms with van der Waals surface area (Å²) in [6.45, 7) is -0.690. The molecule has 0 radical (unpaired) electrons. The number of hydrogen-bond acceptors (Lipinski definition) is 9. The van der Waals surface area contributed by atoms with Gasteiger partial charge >= 0.3 is 0 Å². The van der Waals surface area contributed by atoms with Gasteiger partial charge in [0.1, 0.15) is 18.0 Å². The predicted octanol–water partition coefficient (Wildman–Crippen LogP) is 6.43. The Morgan fingerprint density at radius 2 is 0.981 bits per heavy atom. The normalized spacial score (nSPS) is 19.3. The van der Waals surface area contributed by atoms with Crippen molar-refractivity contribution in [3.8, 4) is 11.5 Å². The molecule has 1 heterocycles. The van der Waals surface area contributed by atoms with E-state index in [0.717, 1.165) is 44.4 Å². The highest BCUT2D eigenvalue weighted by Gasteiger charge is 2.63. The van der Waals surface area contributed by atoms with E-state index >= 15 is 0 Å². The van der Waals surface area contributed by atoms with Crippen LogP contribution in [0.2, 0.25) is 0 Å². The van der Waals surface area contributed by atoms with Crippen molar-refractivity contribution < 1.29 is 33.8 Å². The highest BCUT2D eigenvalue weighted by Crippen LogP contribution is 2.61. The summed E-state index contributed by atoms with van der Waals surface area (Å²) in [7, 11) is 0. The van der Waals surface area contributed by atoms with Crippen molar-refractivity contribution in [3.63, 3.8) is 0 Å². The summed E-state index contributed by atoms with van der Waals surface area (Å²) >= 11 is 0. The van der Waals surface area contributed by atoms with E-state index in [9.17, 15) is 39.4 Å². The van der Waals surface area contributed by atoms with Crippen LogP contribution in [0.25, 0.3) is 0 Å². The number of nitro groups is 2. The summed E-state index contributed by atoms with van der Waals surface area (Å²) in [5, 5.41) is 23.9. The quantitative estimate of drug-likeness (QED) is 0.0730. The number of Topliss-reactive ketones (excluding diaryl/α,β-unsaturated/α-hetero) is 1. The van der Waals surface area contributed by atoms with Crippen LogP contribution in [0.3, 0.4) is 0 Å². The molecule has 2 bridgehead atoms. The van der Waals surface area contributed by atoms with E-state index in [1.54, 1.807) is 0 Å². The molecule has 52 heavy (non-hydrogen) atoms. The third kappa shape index (κ3) is 5.18. The van der Waals surface area contributed by atoms with E-state index in [1.807, 2.05) is 48.5 Å². The smallest absolute Gasteiger partial charge is 0.273 e. The van der Waals surface area contributed by atoms with Crippen molar-refractivity contribution in [1.82, 2.24) is 10.0 Å². The molecular weight excluding hydrogens is 668 g/mol. The lowest BCUT2D eigenvalue weighted by Gasteiger charge is -2.45. The van der Waals surface area contributed by atoms with Gasteiger partial charge in [-0.25, -0.2) is 5.01 Å². The van der Waals surface area contributed by atoms with Gasteiger partial charge < -0.3 is 4.74 Å². The number of amides is 3. The lowest BCUT2D eigenvalue weighted by Crippen LogP contribution is -2.52. The fourth-order valence-electron chi connectivity index (χ4n) is 7.72. The Balaban J connectivity index is 1.12. The fourth-order valence-corrected chi connectivity index (χ4v) is 7.72. The molecule has 1 aliphatic heterocycles. The zero-order valence-corrected chi connectivity index (χ0v) is 27.0. The molecule has 13 nitrogen and oxygen atoms in total. The van der Waals surface area contributed by atoms with E-state index < -0.39 is 63.6 Å². The molecule has 1 saturated heterocycles. The van der Waals surface area contributed by atoms with Crippen LogP contribution in [0.1, 0.15) is 54.8 Å². The highest BCUT2D eigenvalue weighted by molar-refractivity contribution is 6.11. The van der Waals surface area contributed by atoms with Crippen molar-refractivity contribution in [2.75, 3.05) is 6.54 Å². The molecule has 5 aromatic carbocycles. The Bertz CT molecular complexity index is 2210. The summed E-state index contributed by atoms with van der Waals surface area (Å²) < 4.78 is 5.75. The standard InChI is InChI=1S/C39H26N4O9/c44-32(22-11-17-26(18-12-22)52-27-19-15-25(16-20-27)43(50)51)21-40(37(45)23-9-13-24(14-10-23)42(48)49)41-38(46)35-33-28-5-1-2-6-29(28)34(36(35)39(41)47)31-8-4-3-7-30(31)33/h1-20,33-36H,21H2/t33?,34?,35-,36-/m0/s1. The first-order valence-corrected chi connectivity index (χ1v) is 16.3. The first kappa shape index (κ1) is 32.2. The van der Waals surface area contributed by atoms with Crippen molar-refractivity contribution in [3.05, 3.63) is 175 Å². The Kier molecular flexibility index (Phi) is 7.67. The van der Waals surface area contributed by atoms with Gasteiger partial charge in [0.05, 0.1) is 21.7 Å². The number of nitrogens with zero attached hydrogens (tertiary/aromatic N) is 4. The minimum Gasteiger partial charge on any atom is -0.457 e. The van der Waals surface area contributed by atoms with Gasteiger partial charge in [0.2, 0.25) is 0 Å². The molecule has 9 rings (SSSR count). The van der Waals surface area contributed by atoms with Crippen molar-refractivity contribution in [2.45, 2.75) is 11.8 Å². The number of carbonyl (C=O) groups is 4. The largest absolute Gasteiger partial charge is 0.457 e. The minimum absolute atomic E-state index is 0.0599. The van der Waals surface area contributed by atoms with Crippen LogP contribution in [0, 0.1) is 32.1 Å². The number of ether oxygens (including phenoxy) is 1. The SMILES string of the molecule is O=C(CN(C(=O)c1ccc([N+](=O)[O-])cc1)N1C(=O)[C@H]2C3c4ccccc4C(c4ccccc43)[C@@H]2C1=O)c1ccc(Oc2ccc([N+](=O)[O-])cc2)cc1. The topological polar surface area (TPSA) is 170 Å². The summed E-state index contributed by atoms with van der Waals surface area (Å²) in [5.41, 5.74) is 3.49. The molecule has 0 spiro atoms. The van der Waals surface area contributed by atoms with E-state index in [-0.39, 0.29) is 22.5 Å². The van der Waals surface area contributed by atoms with Gasteiger partial charge in [-0.15, -0.1) is 0 Å². The molecule has 3 aliphatic carbocycles. The maximum absolute atomic E-state index is 14.5. The Morgan fingerprint density at radius 1 is 0.596 bits per heavy atom. The number of rotatable bonds is 9. The van der Waals surface area contributed by atoms with Gasteiger partial charge in [-0.3, -0.25) is 39.4 Å². The van der Waals surface area contributed by atoms with Gasteiger partial charge in [0.15, 0.2) is 5.78 Å². The van der Waals surface area contributed by atoms with Gasteiger partial charge in [0.25, 0.3) is 29.1 Å². The van der Waals surface area contributed by atoms with Gasteiger partial charge in [-0.2, -0.15) is 5.01 Å². The number of hydrazine groups is 1. The molecule has 256 valence electrons. The van der Waals surface area contributed by atoms with Crippen LogP contribution in [-0.4, -0.2) is 49.9 Å². The second-order valence-electron chi connectivity index (χ2n) is 12.7. The van der Waals surface area contributed by atoms with E-state index in [1.165, 1.54) is 60.7 Å². The zero-order valence-electron chi connectivity index (χ0n) is 27.0. The van der Waals surface area contributed by atoms with Gasteiger partial charge in [0, 0.05) is 47.2 Å². The van der Waals surface area contributed by atoms with Crippen LogP contribution in [-0.2, 0) is 9.59 Å². The maximum atomic E-state index is 14.5. The third-order valence-electron chi connectivity index (χ3n) is 9.98. The van der Waals surface area contributed by atoms with Crippen molar-refractivity contribution in [1.29, 1.82) is 0 Å². The Morgan fingerprint density at radius 3 is 1.40 bits per heavy atom. The number of nitro benzene ring substituents is 2. The monoisotopic (exact) mass is 694 g/mol. The Labute approximate surface area is 294 Å². The van der Waals surface area contributed by atoms with Gasteiger partial charge in [-0.05, 0) is 70.8 Å². The summed E-state index contributed by atoms with van der Waals surface area (Å²) in [6.07, 6.45) is 0. The molecule has 4 aliphatic rings. The lowest BCUT2D eigenvalue weighted by molar-refractivity contribution is -0.385. The van der Waals surface area contributed by atoms with Crippen molar-refractivity contribution in [2.24, 2.45) is 11.8 Å². The average molecular weight is 695 g/mol. The van der Waals surface area contributed by atoms with E-state index in [2.05, 4.69) is 0 Å². The zero-order chi connectivity index (χ0) is 36.3. The number of ketones is 1. The van der Waals surface area contributed by atoms with Crippen LogP contribution in [0.15, 0.2) is 121 Å². The predicted molar refractivity (Wildman–Crippen MR) is 183 cm³/mol. The summed E-state index contributed by atoms with van der Waals surface area (Å²) in [6, 6.07) is 31.5. The van der Waals surface area contributed by atoms with Crippen LogP contribution in [0.5, 0.6) is 11.5 Å². The fraction of sp³-hybridized carbons (Fsp3) is 0.128. The van der Waals surface area contributed by atoms with E-state index in [0.29, 0.717) is 11.5 Å². The molecule has 0 aromatic heterocycles. The van der Waals surface area contributed by atoms with Gasteiger partial charge in [-0.1, -0.05) is 48.5 Å². The summed E-state index contributed by atoms with van der Waals surface area (Å²) in [4.78, 5) is 78.3. The Hall–Kier alpha value is -7.02. The molecule has 3 amide bonds. The molecule has 0 unspecified atom stereocenters. The van der Waals surface area contributed by atoms with Crippen LogP contribution >= 0.6 is 0 Å². The second kappa shape index (κ2) is 12.4. The van der Waals surface area contributed by atoms with Crippen LogP contribution < -0.4 is 4.74 Å². The molecule has 2 atom stereocenters. The third-order valence-corrected chi connectivity index (χ3v) is 9.98. The number of imide groups is 1. The number of hydrogen-bond donors (Lipinski definition) is 0. The van der Waals surface area contributed by atoms with E-state index in [4.69, 9.17) is 4.74 Å². The molecule has 13 heteroatoms. The molecule has 5 aromatic rings. The molecule has 0 N–H and O–H groups in total. The number of carbonyl (C=O) groups excluding carboxylic acids is 4. The average Bonchev–Trinajstić information content (AvgIpc) is 3.43. The first-order valence-electron chi connectivity index (χ1n) is 16.3. The van der Waals surface area contributed by atoms with Crippen molar-refractivity contribution >= 4 is 34.9 Å². The molecule has 1 fully saturated rings. The summed E-state index contributed by atoms with van der Waals surface area (Å²) in [5.74, 6) is -4.54. The van der Waals surface area contributed by atoms with Crippen LogP contribution in [0.4, 0.5) is 11.4 Å². The minimum atomic E-state index is -0.857. The first-order chi connectivity index (χ1) is 25.1. The highest BCUT2D eigenvalue weighted by atomic mass is 16.6. The lowest BCUT2D eigenvalue weighted by atomic mass is 9.55. The maximum Gasteiger partial charge on any atom is 0.273 e.